The number of para-hydroxylation sites is 2. The number of halogens is 1. The molecule has 0 spiro atoms. The van der Waals surface area contributed by atoms with Crippen LogP contribution in [0.3, 0.4) is 0 Å². The number of anilines is 1. The van der Waals surface area contributed by atoms with E-state index in [-0.39, 0.29) is 17.0 Å². The van der Waals surface area contributed by atoms with Crippen molar-refractivity contribution in [3.8, 4) is 0 Å². The van der Waals surface area contributed by atoms with Crippen molar-refractivity contribution >= 4 is 46.3 Å². The second-order valence-electron chi connectivity index (χ2n) is 6.07. The fourth-order valence-electron chi connectivity index (χ4n) is 3.16. The minimum absolute atomic E-state index is 0.182. The van der Waals surface area contributed by atoms with E-state index >= 15 is 0 Å². The number of amides is 2. The fraction of sp³-hybridized carbons (Fsp3) is 0.111. The van der Waals surface area contributed by atoms with Crippen LogP contribution >= 0.6 is 11.6 Å². The van der Waals surface area contributed by atoms with E-state index in [1.54, 1.807) is 0 Å². The topological polar surface area (TPSA) is 119 Å². The Bertz CT molecular complexity index is 1070. The van der Waals surface area contributed by atoms with Gasteiger partial charge in [-0.3, -0.25) is 24.5 Å². The predicted molar refractivity (Wildman–Crippen MR) is 97.2 cm³/mol. The Morgan fingerprint density at radius 3 is 2.46 bits per heavy atom. The summed E-state index contributed by atoms with van der Waals surface area (Å²) >= 11 is 5.81. The number of rotatable bonds is 4. The van der Waals surface area contributed by atoms with Crippen LogP contribution in [0.25, 0.3) is 0 Å². The lowest BCUT2D eigenvalue weighted by Gasteiger charge is -2.15. The molecule has 140 valence electrons. The monoisotopic (exact) mass is 399 g/mol. The van der Waals surface area contributed by atoms with E-state index in [1.165, 1.54) is 48.5 Å². The molecular weight excluding hydrogens is 390 g/mol. The van der Waals surface area contributed by atoms with Crippen LogP contribution in [0, 0.1) is 16.0 Å². The normalized spacial score (nSPS) is 20.6. The van der Waals surface area contributed by atoms with E-state index < -0.39 is 40.2 Å². The molecule has 0 bridgehead atoms. The Balaban J connectivity index is 1.70. The Morgan fingerprint density at radius 2 is 1.79 bits per heavy atom. The van der Waals surface area contributed by atoms with Crippen molar-refractivity contribution in [3.05, 3.63) is 69.2 Å². The van der Waals surface area contributed by atoms with Crippen molar-refractivity contribution < 1.29 is 24.1 Å². The summed E-state index contributed by atoms with van der Waals surface area (Å²) in [7, 11) is 0. The van der Waals surface area contributed by atoms with Gasteiger partial charge in [0.05, 0.1) is 4.92 Å². The first kappa shape index (κ1) is 17.8. The van der Waals surface area contributed by atoms with Crippen LogP contribution in [-0.2, 0) is 14.4 Å². The molecule has 2 atom stereocenters. The average Bonchev–Trinajstić information content (AvgIpc) is 3.22. The summed E-state index contributed by atoms with van der Waals surface area (Å²) in [6.07, 6.45) is -1.33. The molecule has 2 aromatic rings. The first-order chi connectivity index (χ1) is 13.4. The molecule has 0 aliphatic carbocycles. The van der Waals surface area contributed by atoms with Crippen molar-refractivity contribution in [3.63, 3.8) is 0 Å². The number of benzene rings is 2. The highest BCUT2D eigenvalue weighted by Gasteiger charge is 2.58. The van der Waals surface area contributed by atoms with Crippen LogP contribution in [0.4, 0.5) is 11.4 Å². The number of hydrogen-bond donors (Lipinski definition) is 0. The van der Waals surface area contributed by atoms with E-state index in [0.717, 1.165) is 0 Å². The summed E-state index contributed by atoms with van der Waals surface area (Å²) in [6, 6.07) is 11.3. The number of nitro benzene ring substituents is 1. The summed E-state index contributed by atoms with van der Waals surface area (Å²) in [6.45, 7) is 0. The average molecular weight is 400 g/mol. The van der Waals surface area contributed by atoms with Crippen molar-refractivity contribution in [1.82, 2.24) is 0 Å². The molecule has 4 rings (SSSR count). The van der Waals surface area contributed by atoms with Gasteiger partial charge in [-0.25, -0.2) is 4.90 Å². The first-order valence-electron chi connectivity index (χ1n) is 8.05. The van der Waals surface area contributed by atoms with Gasteiger partial charge in [0.25, 0.3) is 11.6 Å². The molecule has 0 aromatic heterocycles. The second-order valence-corrected chi connectivity index (χ2v) is 6.51. The number of oxime groups is 1. The highest BCUT2D eigenvalue weighted by Crippen LogP contribution is 2.37. The summed E-state index contributed by atoms with van der Waals surface area (Å²) in [5.74, 6) is -3.47. The molecule has 2 heterocycles. The lowest BCUT2D eigenvalue weighted by Crippen LogP contribution is -2.34. The highest BCUT2D eigenvalue weighted by atomic mass is 35.5. The Morgan fingerprint density at radius 1 is 1.11 bits per heavy atom. The van der Waals surface area contributed by atoms with Gasteiger partial charge in [-0.2, -0.15) is 0 Å². The van der Waals surface area contributed by atoms with Gasteiger partial charge in [0.1, 0.15) is 17.3 Å². The number of nitrogens with zero attached hydrogens (tertiary/aromatic N) is 3. The molecule has 0 saturated carbocycles. The highest BCUT2D eigenvalue weighted by molar-refractivity contribution is 6.52. The van der Waals surface area contributed by atoms with Crippen molar-refractivity contribution in [2.24, 2.45) is 11.1 Å². The van der Waals surface area contributed by atoms with E-state index in [2.05, 4.69) is 5.16 Å². The minimum atomic E-state index is -1.33. The van der Waals surface area contributed by atoms with Gasteiger partial charge in [0.2, 0.25) is 17.8 Å². The third kappa shape index (κ3) is 2.64. The van der Waals surface area contributed by atoms with Gasteiger partial charge >= 0.3 is 0 Å². The molecule has 0 radical (unpaired) electrons. The summed E-state index contributed by atoms with van der Waals surface area (Å²) in [5.41, 5.74) is -0.603. The zero-order chi connectivity index (χ0) is 20.0. The van der Waals surface area contributed by atoms with Gasteiger partial charge in [-0.05, 0) is 30.3 Å². The van der Waals surface area contributed by atoms with Crippen LogP contribution in [-0.4, -0.2) is 34.3 Å². The van der Waals surface area contributed by atoms with Gasteiger partial charge in [0.15, 0.2) is 0 Å². The third-order valence-electron chi connectivity index (χ3n) is 4.47. The van der Waals surface area contributed by atoms with Gasteiger partial charge in [-0.15, -0.1) is 0 Å². The molecule has 2 aliphatic heterocycles. The van der Waals surface area contributed by atoms with Crippen molar-refractivity contribution in [1.29, 1.82) is 0 Å². The number of carbonyl (C=O) groups is 3. The number of ketones is 1. The zero-order valence-corrected chi connectivity index (χ0v) is 14.7. The molecule has 1 saturated heterocycles. The van der Waals surface area contributed by atoms with Crippen molar-refractivity contribution in [2.45, 2.75) is 6.10 Å². The standard InChI is InChI=1S/C18H10ClN3O6/c19-10-7-5-9(6-8-10)15(23)14-13-16(28-20-14)18(25)21(17(13)24)11-3-1-2-4-12(11)22(26)27/h1-8,13,16H/t13-,16+/m1/s1. The van der Waals surface area contributed by atoms with Crippen LogP contribution in [0.15, 0.2) is 53.7 Å². The predicted octanol–water partition coefficient (Wildman–Crippen LogP) is 2.38. The number of carbonyl (C=O) groups excluding carboxylic acids is 3. The molecule has 2 aromatic carbocycles. The number of fused-ring (bicyclic) bond motifs is 1. The maximum absolute atomic E-state index is 12.9. The first-order valence-corrected chi connectivity index (χ1v) is 8.43. The molecule has 0 N–H and O–H groups in total. The smallest absolute Gasteiger partial charge is 0.293 e. The molecule has 2 amide bonds. The molecule has 9 nitrogen and oxygen atoms in total. The maximum Gasteiger partial charge on any atom is 0.293 e. The van der Waals surface area contributed by atoms with E-state index in [1.807, 2.05) is 0 Å². The van der Waals surface area contributed by atoms with Crippen LogP contribution < -0.4 is 4.90 Å². The van der Waals surface area contributed by atoms with Gasteiger partial charge in [-0.1, -0.05) is 28.9 Å². The number of hydrogen-bond acceptors (Lipinski definition) is 7. The third-order valence-corrected chi connectivity index (χ3v) is 4.72. The van der Waals surface area contributed by atoms with Crippen LogP contribution in [0.5, 0.6) is 0 Å². The number of nitro groups is 1. The zero-order valence-electron chi connectivity index (χ0n) is 13.9. The molecule has 28 heavy (non-hydrogen) atoms. The van der Waals surface area contributed by atoms with Gasteiger partial charge < -0.3 is 4.84 Å². The quantitative estimate of drug-likeness (QED) is 0.337. The molecule has 2 aliphatic rings. The molecule has 10 heteroatoms. The summed E-state index contributed by atoms with van der Waals surface area (Å²) in [4.78, 5) is 54.6. The van der Waals surface area contributed by atoms with E-state index in [9.17, 15) is 24.5 Å². The lowest BCUT2D eigenvalue weighted by molar-refractivity contribution is -0.384. The lowest BCUT2D eigenvalue weighted by atomic mass is 9.93. The van der Waals surface area contributed by atoms with Crippen LogP contribution in [0.1, 0.15) is 10.4 Å². The summed E-state index contributed by atoms with van der Waals surface area (Å²) < 4.78 is 0. The van der Waals surface area contributed by atoms with Crippen molar-refractivity contribution in [2.75, 3.05) is 4.90 Å². The summed E-state index contributed by atoms with van der Waals surface area (Å²) in [5, 5.41) is 15.3. The van der Waals surface area contributed by atoms with Crippen LogP contribution in [0.2, 0.25) is 5.02 Å². The minimum Gasteiger partial charge on any atom is -0.381 e. The number of Topliss-reactive ketones (excluding diaryl/α,β-unsaturated/α-hetero) is 1. The Hall–Kier alpha value is -3.59. The van der Waals surface area contributed by atoms with E-state index in [4.69, 9.17) is 16.4 Å². The largest absolute Gasteiger partial charge is 0.381 e. The Kier molecular flexibility index (Phi) is 4.16. The maximum atomic E-state index is 12.9. The SMILES string of the molecule is O=C(C1=NO[C@@H]2C(=O)N(c3ccccc3[N+](=O)[O-])C(=O)[C@H]12)c1ccc(Cl)cc1. The van der Waals surface area contributed by atoms with E-state index in [0.29, 0.717) is 9.92 Å². The second kappa shape index (κ2) is 6.54. The Labute approximate surface area is 162 Å². The van der Waals surface area contributed by atoms with Gasteiger partial charge in [0, 0.05) is 16.7 Å². The fourth-order valence-corrected chi connectivity index (χ4v) is 3.29. The number of imide groups is 1. The molecule has 0 unspecified atom stereocenters. The molecule has 1 fully saturated rings. The molecular formula is C18H10ClN3O6.